The van der Waals surface area contributed by atoms with Gasteiger partial charge in [-0.3, -0.25) is 14.4 Å². The van der Waals surface area contributed by atoms with Gasteiger partial charge in [0.1, 0.15) is 11.3 Å². The van der Waals surface area contributed by atoms with E-state index in [1.54, 1.807) is 6.20 Å². The first kappa shape index (κ1) is 24.9. The Morgan fingerprint density at radius 3 is 2.78 bits per heavy atom. The Hall–Kier alpha value is -3.82. The first-order valence-electron chi connectivity index (χ1n) is 12.8. The molecule has 1 saturated heterocycles. The van der Waals surface area contributed by atoms with Crippen LogP contribution < -0.4 is 10.6 Å². The van der Waals surface area contributed by atoms with E-state index >= 15 is 0 Å². The first-order chi connectivity index (χ1) is 18.0. The van der Waals surface area contributed by atoms with Crippen molar-refractivity contribution in [3.63, 3.8) is 0 Å². The van der Waals surface area contributed by atoms with Gasteiger partial charge in [0.05, 0.1) is 31.6 Å². The topological polar surface area (TPSA) is 97.2 Å². The minimum absolute atomic E-state index is 0.0430. The van der Waals surface area contributed by atoms with E-state index in [4.69, 9.17) is 4.74 Å². The summed E-state index contributed by atoms with van der Waals surface area (Å²) in [6.07, 6.45) is 3.61. The molecule has 1 aliphatic rings. The lowest BCUT2D eigenvalue weighted by Crippen LogP contribution is -2.35. The van der Waals surface area contributed by atoms with Crippen molar-refractivity contribution in [1.29, 1.82) is 0 Å². The molecule has 37 heavy (non-hydrogen) atoms. The molecule has 192 valence electrons. The van der Waals surface area contributed by atoms with Crippen LogP contribution in [0.4, 0.5) is 11.5 Å². The molecular formula is C28H33N7O2. The standard InChI is InChI=1S/C28H33N7O2/c1-4-35-18-25-27(33-35)32-26(16-29-25)30-20(3)21-6-5-7-24(15-21)31-28(36)22-8-9-23(19(2)14-22)17-34-10-12-37-13-11-34/h5-9,14-16,18,20H,4,10-13,17H2,1-3H3,(H,31,36)(H,30,32,33)/t20-/m0/s1. The second kappa shape index (κ2) is 11.1. The maximum atomic E-state index is 13.0. The lowest BCUT2D eigenvalue weighted by molar-refractivity contribution is 0.0341. The average molecular weight is 500 g/mol. The molecule has 1 aliphatic heterocycles. The number of carbonyl (C=O) groups excluding carboxylic acids is 1. The monoisotopic (exact) mass is 499 g/mol. The summed E-state index contributed by atoms with van der Waals surface area (Å²) in [6, 6.07) is 13.7. The van der Waals surface area contributed by atoms with Gasteiger partial charge in [-0.2, -0.15) is 5.10 Å². The van der Waals surface area contributed by atoms with E-state index in [1.807, 2.05) is 61.1 Å². The third-order valence-electron chi connectivity index (χ3n) is 6.71. The smallest absolute Gasteiger partial charge is 0.255 e. The quantitative estimate of drug-likeness (QED) is 0.371. The number of anilines is 2. The van der Waals surface area contributed by atoms with Gasteiger partial charge in [0, 0.05) is 37.4 Å². The largest absolute Gasteiger partial charge is 0.379 e. The summed E-state index contributed by atoms with van der Waals surface area (Å²) in [4.78, 5) is 24.4. The van der Waals surface area contributed by atoms with Gasteiger partial charge in [-0.25, -0.2) is 9.97 Å². The molecule has 4 aromatic rings. The predicted octanol–water partition coefficient (Wildman–Crippen LogP) is 4.41. The summed E-state index contributed by atoms with van der Waals surface area (Å²) in [6.45, 7) is 11.2. The highest BCUT2D eigenvalue weighted by molar-refractivity contribution is 6.04. The molecule has 5 rings (SSSR count). The van der Waals surface area contributed by atoms with E-state index in [1.165, 1.54) is 5.56 Å². The Balaban J connectivity index is 1.23. The van der Waals surface area contributed by atoms with Gasteiger partial charge in [0.25, 0.3) is 5.91 Å². The van der Waals surface area contributed by atoms with E-state index in [0.29, 0.717) is 17.0 Å². The number of aryl methyl sites for hydroxylation is 2. The van der Waals surface area contributed by atoms with Crippen molar-refractivity contribution in [1.82, 2.24) is 24.6 Å². The average Bonchev–Trinajstić information content (AvgIpc) is 3.33. The van der Waals surface area contributed by atoms with Crippen molar-refractivity contribution in [2.45, 2.75) is 39.9 Å². The molecule has 0 bridgehead atoms. The van der Waals surface area contributed by atoms with Crippen LogP contribution >= 0.6 is 0 Å². The van der Waals surface area contributed by atoms with Crippen LogP contribution in [-0.4, -0.2) is 56.9 Å². The van der Waals surface area contributed by atoms with Crippen LogP contribution in [0.15, 0.2) is 54.9 Å². The molecule has 1 fully saturated rings. The van der Waals surface area contributed by atoms with Crippen LogP contribution in [0.1, 0.15) is 46.9 Å². The normalized spacial score (nSPS) is 15.0. The number of morpholine rings is 1. The molecule has 9 nitrogen and oxygen atoms in total. The number of fused-ring (bicyclic) bond motifs is 1. The molecule has 0 unspecified atom stereocenters. The summed E-state index contributed by atoms with van der Waals surface area (Å²) < 4.78 is 7.26. The lowest BCUT2D eigenvalue weighted by atomic mass is 10.0. The zero-order chi connectivity index (χ0) is 25.8. The third-order valence-corrected chi connectivity index (χ3v) is 6.71. The highest BCUT2D eigenvalue weighted by Gasteiger charge is 2.15. The number of nitrogens with zero attached hydrogens (tertiary/aromatic N) is 5. The van der Waals surface area contributed by atoms with Gasteiger partial charge in [-0.15, -0.1) is 0 Å². The number of aromatic nitrogens is 4. The Labute approximate surface area is 216 Å². The van der Waals surface area contributed by atoms with Gasteiger partial charge in [0.2, 0.25) is 5.65 Å². The number of amides is 1. The number of carbonyl (C=O) groups is 1. The van der Waals surface area contributed by atoms with Gasteiger partial charge >= 0.3 is 0 Å². The molecule has 2 N–H and O–H groups in total. The fourth-order valence-electron chi connectivity index (χ4n) is 4.49. The van der Waals surface area contributed by atoms with Crippen molar-refractivity contribution < 1.29 is 9.53 Å². The number of benzene rings is 2. The fraction of sp³-hybridized carbons (Fsp3) is 0.357. The molecule has 0 saturated carbocycles. The van der Waals surface area contributed by atoms with Crippen molar-refractivity contribution in [2.24, 2.45) is 0 Å². The Morgan fingerprint density at radius 1 is 1.16 bits per heavy atom. The van der Waals surface area contributed by atoms with E-state index in [-0.39, 0.29) is 11.9 Å². The summed E-state index contributed by atoms with van der Waals surface area (Å²) in [5, 5.41) is 10.9. The molecule has 0 aliphatic carbocycles. The van der Waals surface area contributed by atoms with Crippen molar-refractivity contribution in [2.75, 3.05) is 36.9 Å². The molecule has 0 radical (unpaired) electrons. The van der Waals surface area contributed by atoms with Crippen molar-refractivity contribution >= 4 is 28.6 Å². The van der Waals surface area contributed by atoms with E-state index < -0.39 is 0 Å². The minimum Gasteiger partial charge on any atom is -0.379 e. The maximum absolute atomic E-state index is 13.0. The third kappa shape index (κ3) is 5.95. The second-order valence-electron chi connectivity index (χ2n) is 9.42. The van der Waals surface area contributed by atoms with Crippen LogP contribution in [0.2, 0.25) is 0 Å². The molecule has 2 aromatic heterocycles. The van der Waals surface area contributed by atoms with Crippen LogP contribution in [0.25, 0.3) is 11.2 Å². The number of rotatable bonds is 8. The summed E-state index contributed by atoms with van der Waals surface area (Å²) >= 11 is 0. The van der Waals surface area contributed by atoms with Gasteiger partial charge in [-0.1, -0.05) is 18.2 Å². The molecule has 1 atom stereocenters. The van der Waals surface area contributed by atoms with E-state index in [2.05, 4.69) is 43.6 Å². The Bertz CT molecular complexity index is 1390. The van der Waals surface area contributed by atoms with E-state index in [9.17, 15) is 4.79 Å². The lowest BCUT2D eigenvalue weighted by Gasteiger charge is -2.27. The zero-order valence-corrected chi connectivity index (χ0v) is 21.6. The summed E-state index contributed by atoms with van der Waals surface area (Å²) in [7, 11) is 0. The van der Waals surface area contributed by atoms with Gasteiger partial charge in [-0.05, 0) is 61.7 Å². The zero-order valence-electron chi connectivity index (χ0n) is 21.6. The van der Waals surface area contributed by atoms with Crippen molar-refractivity contribution in [3.8, 4) is 0 Å². The fourth-order valence-corrected chi connectivity index (χ4v) is 4.49. The summed E-state index contributed by atoms with van der Waals surface area (Å²) in [5.41, 5.74) is 6.16. The SMILES string of the molecule is CCn1cc2ncc(N[C@@H](C)c3cccc(NC(=O)c4ccc(CN5CCOCC5)c(C)c4)c3)nc2n1. The van der Waals surface area contributed by atoms with Gasteiger partial charge in [0.15, 0.2) is 0 Å². The van der Waals surface area contributed by atoms with Gasteiger partial charge < -0.3 is 15.4 Å². The molecule has 9 heteroatoms. The maximum Gasteiger partial charge on any atom is 0.255 e. The highest BCUT2D eigenvalue weighted by Crippen LogP contribution is 2.23. The second-order valence-corrected chi connectivity index (χ2v) is 9.42. The highest BCUT2D eigenvalue weighted by atomic mass is 16.5. The van der Waals surface area contributed by atoms with Crippen LogP contribution in [0, 0.1) is 6.92 Å². The van der Waals surface area contributed by atoms with Crippen LogP contribution in [0.5, 0.6) is 0 Å². The van der Waals surface area contributed by atoms with Crippen molar-refractivity contribution in [3.05, 3.63) is 77.1 Å². The number of hydrogen-bond donors (Lipinski definition) is 2. The minimum atomic E-state index is -0.124. The van der Waals surface area contributed by atoms with E-state index in [0.717, 1.165) is 61.7 Å². The predicted molar refractivity (Wildman–Crippen MR) is 145 cm³/mol. The number of nitrogens with one attached hydrogen (secondary N) is 2. The Kier molecular flexibility index (Phi) is 7.43. The first-order valence-corrected chi connectivity index (χ1v) is 12.8. The molecular weight excluding hydrogens is 466 g/mol. The Morgan fingerprint density at radius 2 is 2.00 bits per heavy atom. The van der Waals surface area contributed by atoms with Crippen LogP contribution in [0.3, 0.4) is 0 Å². The molecule has 1 amide bonds. The molecule has 0 spiro atoms. The number of hydrogen-bond acceptors (Lipinski definition) is 7. The summed E-state index contributed by atoms with van der Waals surface area (Å²) in [5.74, 6) is 0.532. The number of ether oxygens (including phenoxy) is 1. The van der Waals surface area contributed by atoms with Crippen LogP contribution in [-0.2, 0) is 17.8 Å². The molecule has 2 aromatic carbocycles. The molecule has 3 heterocycles.